The molecular formula is C10H17N5O3. The minimum Gasteiger partial charge on any atom is -0.480 e. The molecule has 0 fully saturated rings. The summed E-state index contributed by atoms with van der Waals surface area (Å²) in [6.45, 7) is 2.41. The molecule has 1 aromatic rings. The van der Waals surface area contributed by atoms with Gasteiger partial charge in [0.2, 0.25) is 5.91 Å². The first-order valence-electron chi connectivity index (χ1n) is 5.56. The third kappa shape index (κ3) is 4.50. The van der Waals surface area contributed by atoms with Gasteiger partial charge in [0.25, 0.3) is 0 Å². The second-order valence-electron chi connectivity index (χ2n) is 3.98. The Labute approximate surface area is 104 Å². The van der Waals surface area contributed by atoms with E-state index in [1.165, 1.54) is 10.9 Å². The molecule has 0 radical (unpaired) electrons. The van der Waals surface area contributed by atoms with Crippen molar-refractivity contribution in [3.63, 3.8) is 0 Å². The van der Waals surface area contributed by atoms with Crippen molar-refractivity contribution in [1.82, 2.24) is 25.6 Å². The topological polar surface area (TPSA) is 109 Å². The van der Waals surface area contributed by atoms with Gasteiger partial charge in [-0.3, -0.25) is 9.59 Å². The summed E-state index contributed by atoms with van der Waals surface area (Å²) in [5, 5.41) is 21.6. The largest absolute Gasteiger partial charge is 0.480 e. The van der Waals surface area contributed by atoms with E-state index in [4.69, 9.17) is 5.11 Å². The number of aliphatic carboxylic acids is 1. The molecule has 0 spiro atoms. The molecule has 100 valence electrons. The van der Waals surface area contributed by atoms with Gasteiger partial charge in [-0.15, -0.1) is 5.10 Å². The SMILES string of the molecule is CNCC(C)C(=O)NCc1cn(CC(=O)O)nn1. The van der Waals surface area contributed by atoms with Crippen LogP contribution in [0.2, 0.25) is 0 Å². The Balaban J connectivity index is 2.41. The Kier molecular flexibility index (Phi) is 5.25. The number of carbonyl (C=O) groups is 2. The predicted molar refractivity (Wildman–Crippen MR) is 62.6 cm³/mol. The zero-order chi connectivity index (χ0) is 13.5. The van der Waals surface area contributed by atoms with Crippen LogP contribution in [-0.2, 0) is 22.7 Å². The van der Waals surface area contributed by atoms with E-state index in [9.17, 15) is 9.59 Å². The van der Waals surface area contributed by atoms with E-state index in [2.05, 4.69) is 20.9 Å². The minimum absolute atomic E-state index is 0.0860. The Morgan fingerprint density at radius 2 is 2.28 bits per heavy atom. The summed E-state index contributed by atoms with van der Waals surface area (Å²) in [5.74, 6) is -1.21. The third-order valence-corrected chi connectivity index (χ3v) is 2.28. The van der Waals surface area contributed by atoms with Crippen molar-refractivity contribution in [3.05, 3.63) is 11.9 Å². The normalized spacial score (nSPS) is 12.1. The minimum atomic E-state index is -0.988. The summed E-state index contributed by atoms with van der Waals surface area (Å²) in [5.41, 5.74) is 0.529. The number of hydrogen-bond donors (Lipinski definition) is 3. The summed E-state index contributed by atoms with van der Waals surface area (Å²) in [4.78, 5) is 22.0. The average Bonchev–Trinajstić information content (AvgIpc) is 2.73. The van der Waals surface area contributed by atoms with Crippen LogP contribution in [0.1, 0.15) is 12.6 Å². The van der Waals surface area contributed by atoms with Gasteiger partial charge in [0.15, 0.2) is 0 Å². The van der Waals surface area contributed by atoms with Gasteiger partial charge in [0.05, 0.1) is 12.7 Å². The third-order valence-electron chi connectivity index (χ3n) is 2.28. The fourth-order valence-electron chi connectivity index (χ4n) is 1.39. The lowest BCUT2D eigenvalue weighted by Gasteiger charge is -2.10. The van der Waals surface area contributed by atoms with Crippen LogP contribution in [0.4, 0.5) is 0 Å². The van der Waals surface area contributed by atoms with E-state index in [0.29, 0.717) is 12.2 Å². The quantitative estimate of drug-likeness (QED) is 0.566. The molecule has 1 aromatic heterocycles. The van der Waals surface area contributed by atoms with Crippen molar-refractivity contribution in [1.29, 1.82) is 0 Å². The molecule has 0 aliphatic carbocycles. The molecule has 18 heavy (non-hydrogen) atoms. The van der Waals surface area contributed by atoms with Gasteiger partial charge < -0.3 is 15.7 Å². The van der Waals surface area contributed by atoms with Crippen molar-refractivity contribution < 1.29 is 14.7 Å². The van der Waals surface area contributed by atoms with Crippen LogP contribution in [0.3, 0.4) is 0 Å². The highest BCUT2D eigenvalue weighted by molar-refractivity contribution is 5.78. The lowest BCUT2D eigenvalue weighted by Crippen LogP contribution is -2.33. The fourth-order valence-corrected chi connectivity index (χ4v) is 1.39. The maximum absolute atomic E-state index is 11.6. The van der Waals surface area contributed by atoms with Gasteiger partial charge in [-0.05, 0) is 7.05 Å². The average molecular weight is 255 g/mol. The van der Waals surface area contributed by atoms with E-state index in [-0.39, 0.29) is 24.9 Å². The molecule has 1 rings (SSSR count). The van der Waals surface area contributed by atoms with E-state index >= 15 is 0 Å². The lowest BCUT2D eigenvalue weighted by molar-refractivity contribution is -0.138. The summed E-state index contributed by atoms with van der Waals surface area (Å²) in [6.07, 6.45) is 1.50. The Bertz CT molecular complexity index is 417. The number of hydrogen-bond acceptors (Lipinski definition) is 5. The molecule has 8 heteroatoms. The van der Waals surface area contributed by atoms with Crippen LogP contribution in [0.15, 0.2) is 6.20 Å². The second kappa shape index (κ2) is 6.70. The molecule has 1 amide bonds. The van der Waals surface area contributed by atoms with Gasteiger partial charge in [-0.1, -0.05) is 12.1 Å². The monoisotopic (exact) mass is 255 g/mol. The number of carbonyl (C=O) groups excluding carboxylic acids is 1. The number of aromatic nitrogens is 3. The van der Waals surface area contributed by atoms with Gasteiger partial charge >= 0.3 is 5.97 Å². The standard InChI is InChI=1S/C10H17N5O3/c1-7(3-11-2)10(18)12-4-8-5-15(14-13-8)6-9(16)17/h5,7,11H,3-4,6H2,1-2H3,(H,12,18)(H,16,17). The fraction of sp³-hybridized carbons (Fsp3) is 0.600. The zero-order valence-electron chi connectivity index (χ0n) is 10.4. The number of carboxylic acid groups (broad SMARTS) is 1. The van der Waals surface area contributed by atoms with E-state index < -0.39 is 5.97 Å². The molecule has 0 bridgehead atoms. The van der Waals surface area contributed by atoms with Crippen molar-refractivity contribution >= 4 is 11.9 Å². The van der Waals surface area contributed by atoms with Crippen molar-refractivity contribution in [2.75, 3.05) is 13.6 Å². The van der Waals surface area contributed by atoms with E-state index in [1.54, 1.807) is 7.05 Å². The highest BCUT2D eigenvalue weighted by Crippen LogP contribution is 1.96. The number of carboxylic acids is 1. The maximum Gasteiger partial charge on any atom is 0.325 e. The molecule has 3 N–H and O–H groups in total. The van der Waals surface area contributed by atoms with Crippen LogP contribution in [0, 0.1) is 5.92 Å². The van der Waals surface area contributed by atoms with Crippen molar-refractivity contribution in [2.45, 2.75) is 20.0 Å². The summed E-state index contributed by atoms with van der Waals surface area (Å²) < 4.78 is 1.21. The van der Waals surface area contributed by atoms with Gasteiger partial charge in [-0.25, -0.2) is 4.68 Å². The number of amides is 1. The van der Waals surface area contributed by atoms with Crippen molar-refractivity contribution in [3.8, 4) is 0 Å². The summed E-state index contributed by atoms with van der Waals surface area (Å²) in [6, 6.07) is 0. The van der Waals surface area contributed by atoms with Gasteiger partial charge in [0.1, 0.15) is 12.2 Å². The summed E-state index contributed by atoms with van der Waals surface area (Å²) >= 11 is 0. The van der Waals surface area contributed by atoms with Crippen molar-refractivity contribution in [2.24, 2.45) is 5.92 Å². The summed E-state index contributed by atoms with van der Waals surface area (Å²) in [7, 11) is 1.78. The second-order valence-corrected chi connectivity index (χ2v) is 3.98. The highest BCUT2D eigenvalue weighted by Gasteiger charge is 2.12. The maximum atomic E-state index is 11.6. The molecule has 0 saturated heterocycles. The van der Waals surface area contributed by atoms with Crippen LogP contribution >= 0.6 is 0 Å². The van der Waals surface area contributed by atoms with Crippen LogP contribution in [0.5, 0.6) is 0 Å². The van der Waals surface area contributed by atoms with Gasteiger partial charge in [-0.2, -0.15) is 0 Å². The molecule has 0 aliphatic rings. The zero-order valence-corrected chi connectivity index (χ0v) is 10.4. The van der Waals surface area contributed by atoms with Crippen LogP contribution in [0.25, 0.3) is 0 Å². The number of nitrogens with zero attached hydrogens (tertiary/aromatic N) is 3. The first-order valence-corrected chi connectivity index (χ1v) is 5.56. The number of nitrogens with one attached hydrogen (secondary N) is 2. The molecule has 8 nitrogen and oxygen atoms in total. The first kappa shape index (κ1) is 14.1. The molecule has 0 saturated carbocycles. The molecule has 1 unspecified atom stereocenters. The van der Waals surface area contributed by atoms with Crippen LogP contribution < -0.4 is 10.6 Å². The highest BCUT2D eigenvalue weighted by atomic mass is 16.4. The predicted octanol–water partition coefficient (Wildman–Crippen LogP) is -1.17. The smallest absolute Gasteiger partial charge is 0.325 e. The van der Waals surface area contributed by atoms with Gasteiger partial charge in [0, 0.05) is 12.5 Å². The molecule has 1 heterocycles. The Morgan fingerprint density at radius 3 is 2.89 bits per heavy atom. The molecule has 1 atom stereocenters. The first-order chi connectivity index (χ1) is 8.52. The molecular weight excluding hydrogens is 238 g/mol. The van der Waals surface area contributed by atoms with Crippen LogP contribution in [-0.4, -0.2) is 45.6 Å². The molecule has 0 aliphatic heterocycles. The van der Waals surface area contributed by atoms with E-state index in [0.717, 1.165) is 0 Å². The number of rotatable bonds is 7. The molecule has 0 aromatic carbocycles. The Hall–Kier alpha value is -1.96. The van der Waals surface area contributed by atoms with E-state index in [1.807, 2.05) is 6.92 Å². The Morgan fingerprint density at radius 1 is 1.56 bits per heavy atom. The lowest BCUT2D eigenvalue weighted by atomic mass is 10.1.